The lowest BCUT2D eigenvalue weighted by Gasteiger charge is -2.33. The summed E-state index contributed by atoms with van der Waals surface area (Å²) in [6, 6.07) is 1.39. The second kappa shape index (κ2) is 5.53. The summed E-state index contributed by atoms with van der Waals surface area (Å²) in [5.74, 6) is -0.926. The van der Waals surface area contributed by atoms with E-state index in [-0.39, 0.29) is 11.6 Å². The van der Waals surface area contributed by atoms with Crippen molar-refractivity contribution in [3.63, 3.8) is 0 Å². The lowest BCUT2D eigenvalue weighted by molar-refractivity contribution is -0.150. The van der Waals surface area contributed by atoms with Gasteiger partial charge in [0, 0.05) is 13.6 Å². The average molecular weight is 301 g/mol. The Hall–Kier alpha value is -1.41. The van der Waals surface area contributed by atoms with E-state index >= 15 is 0 Å². The Kier molecular flexibility index (Phi) is 4.14. The first-order valence-corrected chi connectivity index (χ1v) is 8.07. The summed E-state index contributed by atoms with van der Waals surface area (Å²) in [6.45, 7) is -0.0736. The van der Waals surface area contributed by atoms with E-state index in [1.807, 2.05) is 0 Å². The molecule has 0 aromatic carbocycles. The number of aliphatic carboxylic acids is 1. The van der Waals surface area contributed by atoms with Crippen molar-refractivity contribution in [3.05, 3.63) is 12.3 Å². The smallest absolute Gasteiger partial charge is 0.310 e. The normalized spacial score (nSPS) is 18.9. The third-order valence-electron chi connectivity index (χ3n) is 3.92. The van der Waals surface area contributed by atoms with Crippen LogP contribution < -0.4 is 4.72 Å². The van der Waals surface area contributed by atoms with Gasteiger partial charge in [-0.3, -0.25) is 9.48 Å². The molecule has 0 radical (unpaired) electrons. The van der Waals surface area contributed by atoms with Crippen LogP contribution in [0.1, 0.15) is 32.1 Å². The van der Waals surface area contributed by atoms with Crippen molar-refractivity contribution in [1.29, 1.82) is 0 Å². The van der Waals surface area contributed by atoms with E-state index in [1.165, 1.54) is 24.0 Å². The lowest BCUT2D eigenvalue weighted by atomic mass is 9.74. The minimum atomic E-state index is -3.73. The number of sulfonamides is 1. The Morgan fingerprint density at radius 2 is 2.10 bits per heavy atom. The summed E-state index contributed by atoms with van der Waals surface area (Å²) in [7, 11) is -2.20. The van der Waals surface area contributed by atoms with Crippen LogP contribution in [0.2, 0.25) is 0 Å². The predicted molar refractivity (Wildman–Crippen MR) is 71.6 cm³/mol. The van der Waals surface area contributed by atoms with Gasteiger partial charge < -0.3 is 5.11 Å². The number of hydrogen-bond donors (Lipinski definition) is 2. The van der Waals surface area contributed by atoms with Crippen LogP contribution in [0.4, 0.5) is 0 Å². The van der Waals surface area contributed by atoms with Gasteiger partial charge in [-0.25, -0.2) is 13.1 Å². The number of carboxylic acids is 1. The fourth-order valence-corrected chi connectivity index (χ4v) is 3.88. The summed E-state index contributed by atoms with van der Waals surface area (Å²) >= 11 is 0. The Morgan fingerprint density at radius 3 is 2.60 bits per heavy atom. The van der Waals surface area contributed by atoms with Gasteiger partial charge in [0.2, 0.25) is 0 Å². The van der Waals surface area contributed by atoms with Gasteiger partial charge >= 0.3 is 5.97 Å². The second-order valence-corrected chi connectivity index (χ2v) is 6.98. The molecule has 1 aliphatic rings. The van der Waals surface area contributed by atoms with E-state index in [0.29, 0.717) is 12.8 Å². The Labute approximate surface area is 118 Å². The minimum absolute atomic E-state index is 0.0360. The van der Waals surface area contributed by atoms with Crippen LogP contribution in [0, 0.1) is 5.41 Å². The Morgan fingerprint density at radius 1 is 1.45 bits per heavy atom. The number of aromatic nitrogens is 2. The fraction of sp³-hybridized carbons (Fsp3) is 0.667. The molecule has 1 aliphatic carbocycles. The van der Waals surface area contributed by atoms with Gasteiger partial charge in [0.05, 0.1) is 11.6 Å². The lowest BCUT2D eigenvalue weighted by Crippen LogP contribution is -2.44. The molecular weight excluding hydrogens is 282 g/mol. The van der Waals surface area contributed by atoms with Gasteiger partial charge in [-0.2, -0.15) is 5.10 Å². The van der Waals surface area contributed by atoms with E-state index in [4.69, 9.17) is 0 Å². The molecule has 7 nitrogen and oxygen atoms in total. The molecule has 0 bridgehead atoms. The number of nitrogens with one attached hydrogen (secondary N) is 1. The number of carbonyl (C=O) groups is 1. The highest BCUT2D eigenvalue weighted by Gasteiger charge is 2.40. The molecule has 0 unspecified atom stereocenters. The largest absolute Gasteiger partial charge is 0.481 e. The predicted octanol–water partition coefficient (Wildman–Crippen LogP) is 0.733. The van der Waals surface area contributed by atoms with Crippen LogP contribution in [-0.4, -0.2) is 35.8 Å². The molecule has 0 amide bonds. The molecule has 1 aromatic rings. The van der Waals surface area contributed by atoms with Gasteiger partial charge in [-0.15, -0.1) is 0 Å². The highest BCUT2D eigenvalue weighted by atomic mass is 32.2. The summed E-state index contributed by atoms with van der Waals surface area (Å²) in [5, 5.41) is 13.3. The SMILES string of the molecule is Cn1nccc1S(=O)(=O)NCC1(C(=O)O)CCCCC1. The van der Waals surface area contributed by atoms with E-state index in [0.717, 1.165) is 19.3 Å². The average Bonchev–Trinajstić information content (AvgIpc) is 2.85. The van der Waals surface area contributed by atoms with Gasteiger partial charge in [0.15, 0.2) is 5.03 Å². The topological polar surface area (TPSA) is 101 Å². The van der Waals surface area contributed by atoms with Crippen molar-refractivity contribution in [1.82, 2.24) is 14.5 Å². The molecule has 0 atom stereocenters. The van der Waals surface area contributed by atoms with Crippen molar-refractivity contribution in [3.8, 4) is 0 Å². The van der Waals surface area contributed by atoms with E-state index < -0.39 is 21.4 Å². The van der Waals surface area contributed by atoms with Crippen LogP contribution in [0.25, 0.3) is 0 Å². The molecule has 1 heterocycles. The van der Waals surface area contributed by atoms with Crippen molar-refractivity contribution < 1.29 is 18.3 Å². The molecule has 2 rings (SSSR count). The first-order valence-electron chi connectivity index (χ1n) is 6.58. The Balaban J connectivity index is 2.14. The van der Waals surface area contributed by atoms with Crippen molar-refractivity contribution >= 4 is 16.0 Å². The molecule has 0 spiro atoms. The molecule has 1 fully saturated rings. The molecule has 112 valence electrons. The van der Waals surface area contributed by atoms with Crippen LogP contribution in [0.15, 0.2) is 17.3 Å². The maximum absolute atomic E-state index is 12.2. The first-order chi connectivity index (χ1) is 9.37. The number of rotatable bonds is 5. The second-order valence-electron chi connectivity index (χ2n) is 5.26. The van der Waals surface area contributed by atoms with E-state index in [1.54, 1.807) is 0 Å². The molecule has 1 aromatic heterocycles. The van der Waals surface area contributed by atoms with Crippen molar-refractivity contribution in [2.45, 2.75) is 37.1 Å². The van der Waals surface area contributed by atoms with Gasteiger partial charge in [-0.05, 0) is 18.9 Å². The van der Waals surface area contributed by atoms with Gasteiger partial charge in [0.1, 0.15) is 0 Å². The molecule has 2 N–H and O–H groups in total. The highest BCUT2D eigenvalue weighted by Crippen LogP contribution is 2.36. The third-order valence-corrected chi connectivity index (χ3v) is 5.39. The van der Waals surface area contributed by atoms with Crippen LogP contribution in [0.5, 0.6) is 0 Å². The first kappa shape index (κ1) is 15.0. The van der Waals surface area contributed by atoms with Gasteiger partial charge in [-0.1, -0.05) is 19.3 Å². The zero-order valence-corrected chi connectivity index (χ0v) is 12.2. The third kappa shape index (κ3) is 2.85. The quantitative estimate of drug-likeness (QED) is 0.835. The monoisotopic (exact) mass is 301 g/mol. The number of nitrogens with zero attached hydrogens (tertiary/aromatic N) is 2. The van der Waals surface area contributed by atoms with Crippen LogP contribution in [-0.2, 0) is 21.9 Å². The molecule has 0 saturated heterocycles. The summed E-state index contributed by atoms with van der Waals surface area (Å²) in [4.78, 5) is 11.5. The molecular formula is C12H19N3O4S. The fourth-order valence-electron chi connectivity index (χ4n) is 2.63. The maximum atomic E-state index is 12.2. The Bertz CT molecular complexity index is 588. The number of carboxylic acid groups (broad SMARTS) is 1. The minimum Gasteiger partial charge on any atom is -0.481 e. The number of aryl methyl sites for hydroxylation is 1. The molecule has 8 heteroatoms. The summed E-state index contributed by atoms with van der Waals surface area (Å²) in [5.41, 5.74) is -0.982. The van der Waals surface area contributed by atoms with Crippen molar-refractivity contribution in [2.24, 2.45) is 12.5 Å². The molecule has 20 heavy (non-hydrogen) atoms. The zero-order valence-electron chi connectivity index (χ0n) is 11.4. The van der Waals surface area contributed by atoms with Crippen LogP contribution >= 0.6 is 0 Å². The zero-order chi connectivity index (χ0) is 14.8. The van der Waals surface area contributed by atoms with Crippen LogP contribution in [0.3, 0.4) is 0 Å². The van der Waals surface area contributed by atoms with E-state index in [2.05, 4.69) is 9.82 Å². The maximum Gasteiger partial charge on any atom is 0.310 e. The molecule has 1 saturated carbocycles. The standard InChI is InChI=1S/C12H19N3O4S/c1-15-10(5-8-13-15)20(18,19)14-9-12(11(16)17)6-3-2-4-7-12/h5,8,14H,2-4,6-7,9H2,1H3,(H,16,17). The molecule has 0 aliphatic heterocycles. The van der Waals surface area contributed by atoms with Gasteiger partial charge in [0.25, 0.3) is 10.0 Å². The number of hydrogen-bond acceptors (Lipinski definition) is 4. The van der Waals surface area contributed by atoms with E-state index in [9.17, 15) is 18.3 Å². The summed E-state index contributed by atoms with van der Waals surface area (Å²) in [6.07, 6.45) is 5.05. The van der Waals surface area contributed by atoms with Crippen molar-refractivity contribution in [2.75, 3.05) is 6.54 Å². The summed E-state index contributed by atoms with van der Waals surface area (Å²) < 4.78 is 28.0. The highest BCUT2D eigenvalue weighted by molar-refractivity contribution is 7.89.